The van der Waals surface area contributed by atoms with Crippen molar-refractivity contribution in [3.8, 4) is 0 Å². The van der Waals surface area contributed by atoms with Crippen molar-refractivity contribution in [1.82, 2.24) is 0 Å². The summed E-state index contributed by atoms with van der Waals surface area (Å²) in [5.41, 5.74) is -2.29. The first-order valence-electron chi connectivity index (χ1n) is 14.6. The Kier molecular flexibility index (Phi) is 8.37. The zero-order valence-electron chi connectivity index (χ0n) is 24.6. The molecule has 4 aromatic rings. The minimum atomic E-state index is -6.14. The van der Waals surface area contributed by atoms with Gasteiger partial charge in [-0.15, -0.1) is 0 Å². The fraction of sp³-hybridized carbons (Fsp3) is 0.235. The number of quaternary nitrogens is 1. The second-order valence-electron chi connectivity index (χ2n) is 10.5. The first-order chi connectivity index (χ1) is 20.7. The van der Waals surface area contributed by atoms with Crippen molar-refractivity contribution in [2.24, 2.45) is 0 Å². The fourth-order valence-electron chi connectivity index (χ4n) is 5.66. The zero-order chi connectivity index (χ0) is 30.6. The quantitative estimate of drug-likeness (QED) is 0.312. The fourth-order valence-corrected chi connectivity index (χ4v) is 8.48. The van der Waals surface area contributed by atoms with Crippen molar-refractivity contribution in [3.63, 3.8) is 0 Å². The monoisotopic (exact) mass is 599 g/mol. The van der Waals surface area contributed by atoms with Crippen molar-refractivity contribution in [3.05, 3.63) is 144 Å². The van der Waals surface area contributed by atoms with Crippen molar-refractivity contribution >= 4 is 20.5 Å². The molecule has 2 fully saturated rings. The van der Waals surface area contributed by atoms with Crippen LogP contribution in [0.4, 0.5) is 0 Å². The van der Waals surface area contributed by atoms with Gasteiger partial charge in [-0.05, 0) is 20.8 Å². The van der Waals surface area contributed by atoms with Crippen LogP contribution in [-0.2, 0) is 38.5 Å². The van der Waals surface area contributed by atoms with Crippen LogP contribution in [-0.4, -0.2) is 44.9 Å². The second-order valence-corrected chi connectivity index (χ2v) is 13.0. The van der Waals surface area contributed by atoms with Crippen molar-refractivity contribution in [2.45, 2.75) is 32.0 Å². The third kappa shape index (κ3) is 5.30. The van der Waals surface area contributed by atoms with Crippen LogP contribution in [0.15, 0.2) is 121 Å². The van der Waals surface area contributed by atoms with E-state index in [4.69, 9.17) is 17.7 Å². The number of hydrogen-bond donors (Lipinski definition) is 2. The second kappa shape index (κ2) is 11.9. The number of rotatable bonds is 7. The molecule has 0 unspecified atom stereocenters. The van der Waals surface area contributed by atoms with Crippen LogP contribution >= 0.6 is 0 Å². The maximum atomic E-state index is 13.7. The topological polar surface area (TPSA) is 95.7 Å². The Morgan fingerprint density at radius 1 is 0.535 bits per heavy atom. The Morgan fingerprint density at radius 2 is 0.791 bits per heavy atom. The van der Waals surface area contributed by atoms with Gasteiger partial charge in [0, 0.05) is 0 Å². The summed E-state index contributed by atoms with van der Waals surface area (Å²) < 4.78 is 23.6. The average molecular weight is 600 g/mol. The van der Waals surface area contributed by atoms with E-state index in [1.54, 1.807) is 126 Å². The number of hydrogen-bond acceptors (Lipinski definition) is 7. The van der Waals surface area contributed by atoms with E-state index in [2.05, 4.69) is 20.8 Å². The summed E-state index contributed by atoms with van der Waals surface area (Å²) in [4.78, 5) is 41.1. The zero-order valence-corrected chi connectivity index (χ0v) is 25.6. The molecule has 4 aromatic carbocycles. The summed E-state index contributed by atoms with van der Waals surface area (Å²) in [5, 5.41) is 0. The molecule has 2 heterocycles. The maximum absolute atomic E-state index is 13.7. The summed E-state index contributed by atoms with van der Waals surface area (Å²) >= 11 is 0. The van der Waals surface area contributed by atoms with E-state index >= 15 is 0 Å². The summed E-state index contributed by atoms with van der Waals surface area (Å²) in [7, 11) is -6.14. The van der Waals surface area contributed by atoms with Gasteiger partial charge in [-0.3, -0.25) is 0 Å². The molecular formula is C34H37NO7Si. The van der Waals surface area contributed by atoms with Gasteiger partial charge in [0.25, 0.3) is 0 Å². The molecule has 0 aromatic heterocycles. The molecule has 0 radical (unpaired) electrons. The molecule has 2 saturated heterocycles. The number of nitrogens with one attached hydrogen (secondary N) is 1. The molecule has 9 heteroatoms. The first-order valence-corrected chi connectivity index (χ1v) is 16.7. The van der Waals surface area contributed by atoms with Crippen molar-refractivity contribution in [1.29, 1.82) is 0 Å². The summed E-state index contributed by atoms with van der Waals surface area (Å²) in [6, 6.07) is 34.4. The number of carbonyl (C=O) groups is 2. The molecule has 2 N–H and O–H groups in total. The molecule has 0 atom stereocenters. The molecule has 2 aliphatic heterocycles. The molecule has 6 rings (SSSR count). The Hall–Kier alpha value is -4.12. The molecule has 8 nitrogen and oxygen atoms in total. The van der Waals surface area contributed by atoms with E-state index in [-0.39, 0.29) is 0 Å². The summed E-state index contributed by atoms with van der Waals surface area (Å²) in [5.74, 6) is -1.89. The van der Waals surface area contributed by atoms with E-state index < -0.39 is 31.7 Å². The molecule has 0 aliphatic carbocycles. The van der Waals surface area contributed by atoms with E-state index in [1.165, 1.54) is 19.6 Å². The number of carbonyl (C=O) groups excluding carboxylic acids is 2. The van der Waals surface area contributed by atoms with Gasteiger partial charge in [0.2, 0.25) is 0 Å². The standard InChI is InChI=1S/C28H21O7Si.C6H15N/c29-25-27(21-13-5-1-6-14-21,22-15-7-2-8-16-22)34-36(31,32-25)33-26(30)28(35-36,23-17-9-3-10-18-23)24-19-11-4-12-20-24;1-4-7(5-2)6-3/h1-20,31H;4-6H2,1-3H3/q-1;/p+1. The first kappa shape index (κ1) is 30.3. The normalized spacial score (nSPS) is 19.9. The predicted molar refractivity (Wildman–Crippen MR) is 162 cm³/mol. The number of benzene rings is 4. The Morgan fingerprint density at radius 3 is 1.00 bits per heavy atom. The SMILES string of the molecule is CC[NH+](CC)CC.O=C1O[Si-]2(O)(OC(=O)C(c3ccccc3)(c3ccccc3)O2)OC1(c1ccccc1)c1ccccc1. The van der Waals surface area contributed by atoms with Gasteiger partial charge in [0.1, 0.15) is 0 Å². The Labute approximate surface area is 252 Å². The molecule has 0 bridgehead atoms. The van der Waals surface area contributed by atoms with Crippen LogP contribution in [0, 0.1) is 0 Å². The van der Waals surface area contributed by atoms with Crippen LogP contribution in [0.5, 0.6) is 0 Å². The molecule has 224 valence electrons. The van der Waals surface area contributed by atoms with Gasteiger partial charge in [0.15, 0.2) is 0 Å². The summed E-state index contributed by atoms with van der Waals surface area (Å²) in [6.07, 6.45) is 0. The van der Waals surface area contributed by atoms with E-state index in [0.29, 0.717) is 22.3 Å². The Bertz CT molecular complexity index is 1350. The van der Waals surface area contributed by atoms with Gasteiger partial charge in [-0.2, -0.15) is 0 Å². The van der Waals surface area contributed by atoms with E-state index in [0.717, 1.165) is 0 Å². The predicted octanol–water partition coefficient (Wildman–Crippen LogP) is 3.83. The van der Waals surface area contributed by atoms with Crippen molar-refractivity contribution < 1.29 is 37.0 Å². The van der Waals surface area contributed by atoms with Gasteiger partial charge in [-0.1, -0.05) is 0 Å². The molecule has 2 aliphatic rings. The van der Waals surface area contributed by atoms with Crippen LogP contribution in [0.1, 0.15) is 43.0 Å². The van der Waals surface area contributed by atoms with Crippen LogP contribution in [0.25, 0.3) is 0 Å². The third-order valence-corrected chi connectivity index (χ3v) is 10.3. The van der Waals surface area contributed by atoms with Gasteiger partial charge < -0.3 is 4.90 Å². The molecular weight excluding hydrogens is 562 g/mol. The molecule has 43 heavy (non-hydrogen) atoms. The van der Waals surface area contributed by atoms with Crippen LogP contribution in [0.2, 0.25) is 0 Å². The van der Waals surface area contributed by atoms with Crippen LogP contribution in [0.3, 0.4) is 0 Å². The van der Waals surface area contributed by atoms with E-state index in [1.807, 2.05) is 0 Å². The molecule has 1 spiro atoms. The average Bonchev–Trinajstić information content (AvgIpc) is 3.45. The van der Waals surface area contributed by atoms with Crippen LogP contribution < -0.4 is 4.90 Å². The van der Waals surface area contributed by atoms with E-state index in [9.17, 15) is 14.4 Å². The molecule has 0 saturated carbocycles. The third-order valence-electron chi connectivity index (χ3n) is 7.97. The van der Waals surface area contributed by atoms with Gasteiger partial charge >= 0.3 is 207 Å². The van der Waals surface area contributed by atoms with Gasteiger partial charge in [-0.25, -0.2) is 0 Å². The van der Waals surface area contributed by atoms with Crippen molar-refractivity contribution in [2.75, 3.05) is 19.6 Å². The molecule has 0 amide bonds. The summed E-state index contributed by atoms with van der Waals surface area (Å²) in [6.45, 7) is 10.5. The van der Waals surface area contributed by atoms with Gasteiger partial charge in [0.05, 0.1) is 19.6 Å². The minimum absolute atomic E-state index is 0.388. The Balaban J connectivity index is 0.000000472.